The summed E-state index contributed by atoms with van der Waals surface area (Å²) in [6, 6.07) is 16.4. The summed E-state index contributed by atoms with van der Waals surface area (Å²) in [6.45, 7) is 2.10. The molecule has 1 nitrogen and oxygen atoms in total. The van der Waals surface area contributed by atoms with Crippen molar-refractivity contribution in [1.82, 2.24) is 4.98 Å². The Morgan fingerprint density at radius 3 is 2.33 bits per heavy atom. The molecule has 0 N–H and O–H groups in total. The number of aromatic nitrogens is 1. The molecule has 4 heteroatoms. The highest BCUT2D eigenvalue weighted by Crippen LogP contribution is 2.24. The first kappa shape index (κ1) is 16.2. The van der Waals surface area contributed by atoms with E-state index >= 15 is 0 Å². The number of nitrogens with zero attached hydrogens (tertiary/aromatic N) is 1. The van der Waals surface area contributed by atoms with Crippen molar-refractivity contribution in [2.45, 2.75) is 13.3 Å². The lowest BCUT2D eigenvalue weighted by molar-refractivity contribution is 1.14. The van der Waals surface area contributed by atoms with Crippen LogP contribution in [-0.2, 0) is 6.42 Å². The van der Waals surface area contributed by atoms with Crippen LogP contribution in [0.3, 0.4) is 0 Å². The van der Waals surface area contributed by atoms with Gasteiger partial charge in [0.25, 0.3) is 0 Å². The molecular weight excluding hydrogens is 366 g/mol. The van der Waals surface area contributed by atoms with Crippen molar-refractivity contribution in [3.63, 3.8) is 0 Å². The summed E-state index contributed by atoms with van der Waals surface area (Å²) in [7, 11) is 0. The van der Waals surface area contributed by atoms with Crippen LogP contribution < -0.4 is 0 Å². The molecule has 1 heterocycles. The molecule has 0 saturated heterocycles. The molecule has 1 aromatic heterocycles. The van der Waals surface area contributed by atoms with E-state index in [-0.39, 0.29) is 17.0 Å². The summed E-state index contributed by atoms with van der Waals surface area (Å²) in [5.41, 5.74) is 4.72. The maximum Gasteiger partial charge on any atom is 0.0976 e. The molecule has 0 aliphatic rings. The Balaban J connectivity index is 0.00000161. The summed E-state index contributed by atoms with van der Waals surface area (Å²) in [5, 5.41) is 4.00. The fourth-order valence-electron chi connectivity index (χ4n) is 2.03. The maximum absolute atomic E-state index is 5.91. The maximum atomic E-state index is 5.91. The second-order valence-electron chi connectivity index (χ2n) is 4.80. The van der Waals surface area contributed by atoms with E-state index in [1.54, 1.807) is 11.3 Å². The quantitative estimate of drug-likeness (QED) is 0.548. The van der Waals surface area contributed by atoms with Gasteiger partial charge in [0.1, 0.15) is 0 Å². The normalized spacial score (nSPS) is 10.2. The molecule has 0 fully saturated rings. The number of hydrogen-bond acceptors (Lipinski definition) is 2. The van der Waals surface area contributed by atoms with Gasteiger partial charge in [-0.3, -0.25) is 0 Å². The predicted octanol–water partition coefficient (Wildman–Crippen LogP) is 5.94. The Hall–Kier alpha value is -1.16. The van der Waals surface area contributed by atoms with Crippen LogP contribution in [0, 0.1) is 6.92 Å². The van der Waals surface area contributed by atoms with E-state index in [0.717, 1.165) is 27.7 Å². The fourth-order valence-corrected chi connectivity index (χ4v) is 2.99. The zero-order chi connectivity index (χ0) is 13.9. The smallest absolute Gasteiger partial charge is 0.0976 e. The van der Waals surface area contributed by atoms with Crippen molar-refractivity contribution in [3.05, 3.63) is 75.1 Å². The van der Waals surface area contributed by atoms with E-state index in [2.05, 4.69) is 36.6 Å². The molecule has 0 saturated carbocycles. The van der Waals surface area contributed by atoms with E-state index in [1.165, 1.54) is 11.1 Å². The lowest BCUT2D eigenvalue weighted by Crippen LogP contribution is -1.87. The summed E-state index contributed by atoms with van der Waals surface area (Å²) in [5.74, 6) is 0. The first-order chi connectivity index (χ1) is 9.70. The third-order valence-electron chi connectivity index (χ3n) is 3.17. The summed E-state index contributed by atoms with van der Waals surface area (Å²) in [4.78, 5) is 4.70. The Kier molecular flexibility index (Phi) is 5.57. The van der Waals surface area contributed by atoms with Crippen LogP contribution in [0.15, 0.2) is 53.9 Å². The lowest BCUT2D eigenvalue weighted by atomic mass is 10.1. The minimum absolute atomic E-state index is 0. The van der Waals surface area contributed by atoms with Gasteiger partial charge in [-0.25, -0.2) is 4.98 Å². The number of halogens is 2. The molecule has 0 unspecified atom stereocenters. The Labute approximate surface area is 144 Å². The van der Waals surface area contributed by atoms with Gasteiger partial charge in [0.15, 0.2) is 0 Å². The number of aryl methyl sites for hydroxylation is 1. The Morgan fingerprint density at radius 2 is 1.67 bits per heavy atom. The molecule has 3 rings (SSSR count). The average molecular weight is 381 g/mol. The minimum atomic E-state index is 0. The van der Waals surface area contributed by atoms with Gasteiger partial charge in [-0.05, 0) is 24.6 Å². The molecule has 108 valence electrons. The fraction of sp³-hybridized carbons (Fsp3) is 0.118. The van der Waals surface area contributed by atoms with Crippen molar-refractivity contribution in [3.8, 4) is 11.3 Å². The minimum Gasteiger partial charge on any atom is -0.241 e. The number of hydrogen-bond donors (Lipinski definition) is 0. The molecule has 0 aliphatic carbocycles. The molecule has 0 atom stereocenters. The first-order valence-electron chi connectivity index (χ1n) is 6.46. The third-order valence-corrected chi connectivity index (χ3v) is 4.27. The van der Waals surface area contributed by atoms with E-state index in [9.17, 15) is 0 Å². The summed E-state index contributed by atoms with van der Waals surface area (Å²) in [6.07, 6.45) is 0.887. The van der Waals surface area contributed by atoms with Crippen molar-refractivity contribution < 1.29 is 0 Å². The first-order valence-corrected chi connectivity index (χ1v) is 7.72. The highest BCUT2D eigenvalue weighted by molar-refractivity contribution is 8.93. The topological polar surface area (TPSA) is 12.9 Å². The van der Waals surface area contributed by atoms with Crippen LogP contribution in [-0.4, -0.2) is 4.98 Å². The molecular formula is C17H15BrClNS. The van der Waals surface area contributed by atoms with Crippen LogP contribution in [0.2, 0.25) is 5.02 Å². The molecule has 0 aliphatic heterocycles. The zero-order valence-corrected chi connectivity index (χ0v) is 14.8. The van der Waals surface area contributed by atoms with E-state index in [4.69, 9.17) is 16.6 Å². The van der Waals surface area contributed by atoms with Gasteiger partial charge in [-0.2, -0.15) is 0 Å². The van der Waals surface area contributed by atoms with Crippen LogP contribution in [0.25, 0.3) is 11.3 Å². The van der Waals surface area contributed by atoms with Crippen LogP contribution in [0.5, 0.6) is 0 Å². The molecule has 0 amide bonds. The highest BCUT2D eigenvalue weighted by atomic mass is 79.9. The van der Waals surface area contributed by atoms with Crippen LogP contribution in [0.4, 0.5) is 0 Å². The van der Waals surface area contributed by atoms with Gasteiger partial charge in [0.2, 0.25) is 0 Å². The van der Waals surface area contributed by atoms with Gasteiger partial charge >= 0.3 is 0 Å². The van der Waals surface area contributed by atoms with E-state index < -0.39 is 0 Å². The van der Waals surface area contributed by atoms with Gasteiger partial charge in [-0.15, -0.1) is 28.3 Å². The Morgan fingerprint density at radius 1 is 1.00 bits per heavy atom. The standard InChI is InChI=1S/C17H14ClNS.BrH/c1-12-2-4-13(5-3-12)10-17-19-16(11-20-17)14-6-8-15(18)9-7-14;/h2-9,11H,10H2,1H3;1H. The van der Waals surface area contributed by atoms with E-state index in [0.29, 0.717) is 0 Å². The highest BCUT2D eigenvalue weighted by Gasteiger charge is 2.05. The van der Waals surface area contributed by atoms with Crippen LogP contribution in [0.1, 0.15) is 16.1 Å². The number of rotatable bonds is 3. The number of thiazole rings is 1. The van der Waals surface area contributed by atoms with Gasteiger partial charge < -0.3 is 0 Å². The van der Waals surface area contributed by atoms with Crippen molar-refractivity contribution in [1.29, 1.82) is 0 Å². The van der Waals surface area contributed by atoms with E-state index in [1.807, 2.05) is 24.3 Å². The van der Waals surface area contributed by atoms with Crippen LogP contribution >= 0.6 is 39.9 Å². The summed E-state index contributed by atoms with van der Waals surface area (Å²) < 4.78 is 0. The van der Waals surface area contributed by atoms with Gasteiger partial charge in [0.05, 0.1) is 10.7 Å². The van der Waals surface area contributed by atoms with Gasteiger partial charge in [0, 0.05) is 22.4 Å². The average Bonchev–Trinajstić information content (AvgIpc) is 2.91. The number of benzene rings is 2. The molecule has 0 radical (unpaired) electrons. The van der Waals surface area contributed by atoms with Crippen molar-refractivity contribution >= 4 is 39.9 Å². The molecule has 3 aromatic rings. The zero-order valence-electron chi connectivity index (χ0n) is 11.5. The molecule has 21 heavy (non-hydrogen) atoms. The summed E-state index contributed by atoms with van der Waals surface area (Å²) >= 11 is 7.61. The SMILES string of the molecule is Br.Cc1ccc(Cc2nc(-c3ccc(Cl)cc3)cs2)cc1. The lowest BCUT2D eigenvalue weighted by Gasteiger charge is -1.99. The monoisotopic (exact) mass is 379 g/mol. The molecule has 0 bridgehead atoms. The molecule has 2 aromatic carbocycles. The molecule has 0 spiro atoms. The second kappa shape index (κ2) is 7.21. The predicted molar refractivity (Wildman–Crippen MR) is 96.9 cm³/mol. The second-order valence-corrected chi connectivity index (χ2v) is 6.17. The Bertz CT molecular complexity index is 704. The van der Waals surface area contributed by atoms with Gasteiger partial charge in [-0.1, -0.05) is 53.6 Å². The largest absolute Gasteiger partial charge is 0.241 e. The van der Waals surface area contributed by atoms with Crippen molar-refractivity contribution in [2.75, 3.05) is 0 Å². The third kappa shape index (κ3) is 4.16. The van der Waals surface area contributed by atoms with Crippen molar-refractivity contribution in [2.24, 2.45) is 0 Å².